The predicted molar refractivity (Wildman–Crippen MR) is 53.6 cm³/mol. The molecule has 6 heteroatoms. The average molecular weight is 338 g/mol. The van der Waals surface area contributed by atoms with Crippen molar-refractivity contribution in [1.29, 1.82) is 0 Å². The van der Waals surface area contributed by atoms with Crippen LogP contribution in [0.3, 0.4) is 0 Å². The highest BCUT2D eigenvalue weighted by molar-refractivity contribution is 9.09. The zero-order chi connectivity index (χ0) is 10.9. The monoisotopic (exact) mass is 336 g/mol. The van der Waals surface area contributed by atoms with E-state index in [-0.39, 0.29) is 10.9 Å². The van der Waals surface area contributed by atoms with Crippen LogP contribution < -0.4 is 0 Å². The van der Waals surface area contributed by atoms with Gasteiger partial charge < -0.3 is 0 Å². The van der Waals surface area contributed by atoms with E-state index in [2.05, 4.69) is 31.9 Å². The van der Waals surface area contributed by atoms with Gasteiger partial charge in [-0.15, -0.1) is 0 Å². The third-order valence-electron chi connectivity index (χ3n) is 1.96. The standard InChI is InChI=1S/C8H6Br2F4/c9-2-4-1-5(11)8(14,3-10)7(13)6(4)12/h1,5H,2-3H2. The molecule has 14 heavy (non-hydrogen) atoms. The Hall–Kier alpha value is 0.160. The summed E-state index contributed by atoms with van der Waals surface area (Å²) < 4.78 is 52.8. The summed E-state index contributed by atoms with van der Waals surface area (Å²) in [5.74, 6) is -3.00. The fourth-order valence-corrected chi connectivity index (χ4v) is 2.05. The molecule has 2 unspecified atom stereocenters. The predicted octanol–water partition coefficient (Wildman–Crippen LogP) is 3.91. The Kier molecular flexibility index (Phi) is 3.80. The van der Waals surface area contributed by atoms with Crippen LogP contribution in [0.15, 0.2) is 23.3 Å². The number of hydrogen-bond acceptors (Lipinski definition) is 0. The van der Waals surface area contributed by atoms with Crippen molar-refractivity contribution < 1.29 is 17.6 Å². The third kappa shape index (κ3) is 1.78. The normalized spacial score (nSPS) is 33.3. The Labute approximate surface area is 95.3 Å². The second-order valence-electron chi connectivity index (χ2n) is 2.85. The molecule has 80 valence electrons. The Morgan fingerprint density at radius 3 is 2.36 bits per heavy atom. The zero-order valence-corrected chi connectivity index (χ0v) is 10.0. The first-order valence-corrected chi connectivity index (χ1v) is 5.93. The molecule has 0 nitrogen and oxygen atoms in total. The first-order chi connectivity index (χ1) is 6.47. The molecule has 0 spiro atoms. The minimum atomic E-state index is -2.92. The third-order valence-corrected chi connectivity index (χ3v) is 3.38. The molecule has 0 N–H and O–H groups in total. The van der Waals surface area contributed by atoms with Crippen molar-refractivity contribution in [2.75, 3.05) is 10.7 Å². The van der Waals surface area contributed by atoms with Gasteiger partial charge in [-0.1, -0.05) is 31.9 Å². The van der Waals surface area contributed by atoms with E-state index in [0.717, 1.165) is 6.08 Å². The number of hydrogen-bond donors (Lipinski definition) is 0. The van der Waals surface area contributed by atoms with Gasteiger partial charge in [0, 0.05) is 16.2 Å². The maximum Gasteiger partial charge on any atom is 0.208 e. The topological polar surface area (TPSA) is 0 Å². The van der Waals surface area contributed by atoms with Crippen molar-refractivity contribution in [3.8, 4) is 0 Å². The van der Waals surface area contributed by atoms with Gasteiger partial charge in [0.2, 0.25) is 5.67 Å². The molecule has 2 atom stereocenters. The van der Waals surface area contributed by atoms with Crippen molar-refractivity contribution in [3.63, 3.8) is 0 Å². The van der Waals surface area contributed by atoms with Gasteiger partial charge in [0.05, 0.1) is 0 Å². The van der Waals surface area contributed by atoms with E-state index in [1.165, 1.54) is 0 Å². The SMILES string of the molecule is FC1=C(F)C(F)(CBr)C(F)C=C1CBr. The molecule has 0 bridgehead atoms. The van der Waals surface area contributed by atoms with Crippen molar-refractivity contribution >= 4 is 31.9 Å². The molecule has 0 heterocycles. The number of alkyl halides is 4. The van der Waals surface area contributed by atoms with Crippen LogP contribution in [0.4, 0.5) is 17.6 Å². The van der Waals surface area contributed by atoms with Crippen molar-refractivity contribution in [2.24, 2.45) is 0 Å². The van der Waals surface area contributed by atoms with Crippen molar-refractivity contribution in [2.45, 2.75) is 11.8 Å². The fourth-order valence-electron chi connectivity index (χ4n) is 1.06. The van der Waals surface area contributed by atoms with Crippen LogP contribution in [-0.4, -0.2) is 22.5 Å². The van der Waals surface area contributed by atoms with Gasteiger partial charge in [-0.25, -0.2) is 17.6 Å². The highest BCUT2D eigenvalue weighted by atomic mass is 79.9. The van der Waals surface area contributed by atoms with E-state index in [1.807, 2.05) is 0 Å². The molecular weight excluding hydrogens is 332 g/mol. The maximum absolute atomic E-state index is 13.5. The summed E-state index contributed by atoms with van der Waals surface area (Å²) in [7, 11) is 0. The van der Waals surface area contributed by atoms with Gasteiger partial charge >= 0.3 is 0 Å². The molecule has 1 aliphatic carbocycles. The minimum absolute atomic E-state index is 0.0506. The molecule has 1 rings (SSSR count). The summed E-state index contributed by atoms with van der Waals surface area (Å²) in [6, 6.07) is 0. The summed E-state index contributed by atoms with van der Waals surface area (Å²) in [5.41, 5.74) is -3.13. The first-order valence-electron chi connectivity index (χ1n) is 3.69. The van der Waals surface area contributed by atoms with Crippen LogP contribution in [0.5, 0.6) is 0 Å². The van der Waals surface area contributed by atoms with E-state index < -0.39 is 28.8 Å². The molecule has 0 aliphatic heterocycles. The highest BCUT2D eigenvalue weighted by Crippen LogP contribution is 2.41. The second kappa shape index (κ2) is 4.35. The lowest BCUT2D eigenvalue weighted by Crippen LogP contribution is -2.39. The van der Waals surface area contributed by atoms with Gasteiger partial charge in [0.15, 0.2) is 17.8 Å². The minimum Gasteiger partial charge on any atom is -0.239 e. The molecule has 0 fully saturated rings. The second-order valence-corrected chi connectivity index (χ2v) is 3.97. The molecule has 0 radical (unpaired) electrons. The largest absolute Gasteiger partial charge is 0.239 e. The summed E-state index contributed by atoms with van der Waals surface area (Å²) in [6.45, 7) is 0. The van der Waals surface area contributed by atoms with Crippen LogP contribution in [0.1, 0.15) is 0 Å². The first kappa shape index (κ1) is 12.2. The molecule has 0 amide bonds. The highest BCUT2D eigenvalue weighted by Gasteiger charge is 2.47. The van der Waals surface area contributed by atoms with E-state index >= 15 is 0 Å². The molecule has 1 aliphatic rings. The maximum atomic E-state index is 13.5. The number of rotatable bonds is 2. The lowest BCUT2D eigenvalue weighted by atomic mass is 9.92. The van der Waals surface area contributed by atoms with Gasteiger partial charge in [-0.05, 0) is 6.08 Å². The van der Waals surface area contributed by atoms with Crippen LogP contribution in [0, 0.1) is 0 Å². The molecule has 0 aromatic carbocycles. The van der Waals surface area contributed by atoms with Gasteiger partial charge in [0.25, 0.3) is 0 Å². The summed E-state index contributed by atoms with van der Waals surface area (Å²) in [4.78, 5) is 0. The molecular formula is C8H6Br2F4. The van der Waals surface area contributed by atoms with Crippen LogP contribution >= 0.6 is 31.9 Å². The zero-order valence-electron chi connectivity index (χ0n) is 6.84. The van der Waals surface area contributed by atoms with Crippen molar-refractivity contribution in [3.05, 3.63) is 23.3 Å². The Bertz CT molecular complexity index is 300. The van der Waals surface area contributed by atoms with E-state index in [9.17, 15) is 17.6 Å². The Morgan fingerprint density at radius 2 is 1.93 bits per heavy atom. The van der Waals surface area contributed by atoms with Gasteiger partial charge in [-0.2, -0.15) is 0 Å². The Morgan fingerprint density at radius 1 is 1.36 bits per heavy atom. The summed E-state index contributed by atoms with van der Waals surface area (Å²) in [5, 5.41) is -0.669. The van der Waals surface area contributed by atoms with Crippen LogP contribution in [0.2, 0.25) is 0 Å². The van der Waals surface area contributed by atoms with Gasteiger partial charge in [0.1, 0.15) is 0 Å². The van der Waals surface area contributed by atoms with E-state index in [1.54, 1.807) is 0 Å². The molecule has 0 saturated carbocycles. The lowest BCUT2D eigenvalue weighted by molar-refractivity contribution is 0.105. The average Bonchev–Trinajstić information content (AvgIpc) is 2.20. The van der Waals surface area contributed by atoms with Crippen molar-refractivity contribution in [1.82, 2.24) is 0 Å². The van der Waals surface area contributed by atoms with E-state index in [4.69, 9.17) is 0 Å². The molecule has 0 aromatic rings. The molecule has 0 aromatic heterocycles. The fraction of sp³-hybridized carbons (Fsp3) is 0.500. The number of allylic oxidation sites excluding steroid dienone is 4. The van der Waals surface area contributed by atoms with Crippen LogP contribution in [0.25, 0.3) is 0 Å². The molecule has 0 saturated heterocycles. The Balaban J connectivity index is 3.17. The quantitative estimate of drug-likeness (QED) is 0.529. The number of halogens is 6. The summed E-state index contributed by atoms with van der Waals surface area (Å²) >= 11 is 5.48. The summed E-state index contributed by atoms with van der Waals surface area (Å²) in [6.07, 6.45) is -1.43. The van der Waals surface area contributed by atoms with E-state index in [0.29, 0.717) is 0 Å². The van der Waals surface area contributed by atoms with Gasteiger partial charge in [-0.3, -0.25) is 0 Å². The lowest BCUT2D eigenvalue weighted by Gasteiger charge is -2.27. The van der Waals surface area contributed by atoms with Crippen LogP contribution in [-0.2, 0) is 0 Å². The smallest absolute Gasteiger partial charge is 0.208 e.